The number of nitrogens with one attached hydrogen (secondary N) is 2. The van der Waals surface area contributed by atoms with Crippen molar-refractivity contribution in [3.8, 4) is 10.6 Å². The predicted molar refractivity (Wildman–Crippen MR) is 88.9 cm³/mol. The molecule has 7 heteroatoms. The smallest absolute Gasteiger partial charge is 0.126 e. The second-order valence-electron chi connectivity index (χ2n) is 5.64. The summed E-state index contributed by atoms with van der Waals surface area (Å²) in [5.74, 6) is 0.483. The molecule has 0 radical (unpaired) electrons. The van der Waals surface area contributed by atoms with Crippen molar-refractivity contribution in [1.82, 2.24) is 15.2 Å². The second kappa shape index (κ2) is 5.26. The molecule has 1 fully saturated rings. The zero-order valence-corrected chi connectivity index (χ0v) is 12.7. The molecule has 22 heavy (non-hydrogen) atoms. The van der Waals surface area contributed by atoms with Gasteiger partial charge in [0.1, 0.15) is 5.82 Å². The first-order chi connectivity index (χ1) is 10.7. The summed E-state index contributed by atoms with van der Waals surface area (Å²) in [4.78, 5) is 5.48. The van der Waals surface area contributed by atoms with Crippen molar-refractivity contribution in [2.75, 3.05) is 11.1 Å². The number of rotatable bonds is 3. The molecule has 3 aromatic rings. The molecule has 0 saturated heterocycles. The lowest BCUT2D eigenvalue weighted by atomic mass is 10.2. The molecule has 0 unspecified atom stereocenters. The highest BCUT2D eigenvalue weighted by molar-refractivity contribution is 7.22. The predicted octanol–water partition coefficient (Wildman–Crippen LogP) is 2.59. The molecule has 4 rings (SSSR count). The van der Waals surface area contributed by atoms with Crippen LogP contribution in [0.2, 0.25) is 0 Å². The molecule has 1 aliphatic rings. The number of hydrogen-bond acceptors (Lipinski definition) is 6. The number of nitrogen functional groups attached to an aromatic ring is 1. The van der Waals surface area contributed by atoms with E-state index in [0.29, 0.717) is 5.82 Å². The van der Waals surface area contributed by atoms with Gasteiger partial charge >= 0.3 is 0 Å². The Morgan fingerprint density at radius 2 is 2.27 bits per heavy atom. The fourth-order valence-electron chi connectivity index (χ4n) is 2.98. The van der Waals surface area contributed by atoms with Crippen LogP contribution in [0.4, 0.5) is 11.5 Å². The molecule has 0 amide bonds. The third kappa shape index (κ3) is 2.32. The maximum Gasteiger partial charge on any atom is 0.126 e. The largest absolute Gasteiger partial charge is 0.391 e. The van der Waals surface area contributed by atoms with E-state index < -0.39 is 0 Å². The molecule has 3 aromatic heterocycles. The van der Waals surface area contributed by atoms with E-state index in [4.69, 9.17) is 5.73 Å². The highest BCUT2D eigenvalue weighted by atomic mass is 32.1. The molecule has 2 atom stereocenters. The number of aromatic nitrogens is 3. The highest BCUT2D eigenvalue weighted by Crippen LogP contribution is 2.38. The Kier molecular flexibility index (Phi) is 3.24. The summed E-state index contributed by atoms with van der Waals surface area (Å²) in [5.41, 5.74) is 8.71. The van der Waals surface area contributed by atoms with E-state index in [1.54, 1.807) is 17.5 Å². The van der Waals surface area contributed by atoms with Crippen molar-refractivity contribution >= 4 is 33.1 Å². The summed E-state index contributed by atoms with van der Waals surface area (Å²) in [5, 5.41) is 20.4. The van der Waals surface area contributed by atoms with Gasteiger partial charge in [-0.3, -0.25) is 5.10 Å². The van der Waals surface area contributed by atoms with Crippen LogP contribution in [0.15, 0.2) is 24.4 Å². The highest BCUT2D eigenvalue weighted by Gasteiger charge is 2.26. The summed E-state index contributed by atoms with van der Waals surface area (Å²) in [6, 6.07) is 5.88. The molecule has 0 bridgehead atoms. The quantitative estimate of drug-likeness (QED) is 0.595. The van der Waals surface area contributed by atoms with Crippen molar-refractivity contribution in [3.05, 3.63) is 24.4 Å². The number of H-pyrrole nitrogens is 1. The van der Waals surface area contributed by atoms with Gasteiger partial charge in [-0.25, -0.2) is 4.98 Å². The van der Waals surface area contributed by atoms with Crippen LogP contribution in [0.25, 0.3) is 20.8 Å². The first-order valence-electron chi connectivity index (χ1n) is 7.35. The standard InChI is InChI=1S/C15H17N5OS/c16-14-7-11(18-8-2-1-3-12(8)21)15-10(19-14)6-13(22-15)9-4-5-17-20-9/h4-8,12,21H,1-3H2,(H,17,20)(H3,16,18,19)/t8-,12+/m1/s1. The van der Waals surface area contributed by atoms with Gasteiger partial charge in [0, 0.05) is 12.3 Å². The number of fused-ring (bicyclic) bond motifs is 1. The van der Waals surface area contributed by atoms with E-state index in [-0.39, 0.29) is 12.1 Å². The minimum Gasteiger partial charge on any atom is -0.391 e. The molecule has 114 valence electrons. The fraction of sp³-hybridized carbons (Fsp3) is 0.333. The van der Waals surface area contributed by atoms with Crippen LogP contribution in [-0.2, 0) is 0 Å². The summed E-state index contributed by atoms with van der Waals surface area (Å²) in [6.45, 7) is 0. The van der Waals surface area contributed by atoms with Gasteiger partial charge in [-0.2, -0.15) is 5.10 Å². The van der Waals surface area contributed by atoms with Crippen molar-refractivity contribution in [1.29, 1.82) is 0 Å². The van der Waals surface area contributed by atoms with Crippen LogP contribution in [0.1, 0.15) is 19.3 Å². The molecular formula is C15H17N5OS. The lowest BCUT2D eigenvalue weighted by Gasteiger charge is -2.18. The van der Waals surface area contributed by atoms with Crippen molar-refractivity contribution in [3.63, 3.8) is 0 Å². The molecule has 3 heterocycles. The average molecular weight is 315 g/mol. The van der Waals surface area contributed by atoms with E-state index in [2.05, 4.69) is 20.5 Å². The number of aliphatic hydroxyl groups excluding tert-OH is 1. The minimum absolute atomic E-state index is 0.0858. The van der Waals surface area contributed by atoms with Crippen LogP contribution < -0.4 is 11.1 Å². The summed E-state index contributed by atoms with van der Waals surface area (Å²) in [7, 11) is 0. The van der Waals surface area contributed by atoms with Crippen LogP contribution in [-0.4, -0.2) is 32.4 Å². The lowest BCUT2D eigenvalue weighted by molar-refractivity contribution is 0.172. The van der Waals surface area contributed by atoms with Crippen LogP contribution >= 0.6 is 11.3 Å². The SMILES string of the molecule is Nc1cc(N[C@@H]2CCC[C@@H]2O)c2sc(-c3ccn[nH]3)cc2n1. The number of hydrogen-bond donors (Lipinski definition) is 4. The van der Waals surface area contributed by atoms with Crippen LogP contribution in [0.5, 0.6) is 0 Å². The topological polar surface area (TPSA) is 99.9 Å². The summed E-state index contributed by atoms with van der Waals surface area (Å²) >= 11 is 1.64. The first kappa shape index (κ1) is 13.5. The van der Waals surface area contributed by atoms with Crippen molar-refractivity contribution in [2.45, 2.75) is 31.4 Å². The number of anilines is 2. The Labute approximate surface area is 131 Å². The zero-order chi connectivity index (χ0) is 15.1. The van der Waals surface area contributed by atoms with E-state index in [0.717, 1.165) is 45.7 Å². The number of aliphatic hydroxyl groups is 1. The van der Waals surface area contributed by atoms with Crippen molar-refractivity contribution < 1.29 is 5.11 Å². The average Bonchev–Trinajstić information content (AvgIpc) is 3.19. The van der Waals surface area contributed by atoms with E-state index >= 15 is 0 Å². The van der Waals surface area contributed by atoms with Gasteiger partial charge in [0.05, 0.1) is 38.6 Å². The summed E-state index contributed by atoms with van der Waals surface area (Å²) in [6.07, 6.45) is 4.31. The molecule has 5 N–H and O–H groups in total. The number of pyridine rings is 1. The number of thiophene rings is 1. The monoisotopic (exact) mass is 315 g/mol. The van der Waals surface area contributed by atoms with Crippen LogP contribution in [0, 0.1) is 0 Å². The Balaban J connectivity index is 1.76. The van der Waals surface area contributed by atoms with Gasteiger partial charge in [0.2, 0.25) is 0 Å². The van der Waals surface area contributed by atoms with E-state index in [9.17, 15) is 5.11 Å². The van der Waals surface area contributed by atoms with Gasteiger partial charge in [0.25, 0.3) is 0 Å². The van der Waals surface area contributed by atoms with Crippen LogP contribution in [0.3, 0.4) is 0 Å². The van der Waals surface area contributed by atoms with E-state index in [1.165, 1.54) is 0 Å². The maximum absolute atomic E-state index is 10.0. The Morgan fingerprint density at radius 1 is 1.36 bits per heavy atom. The Morgan fingerprint density at radius 3 is 3.00 bits per heavy atom. The molecule has 1 aliphatic carbocycles. The maximum atomic E-state index is 10.0. The minimum atomic E-state index is -0.295. The molecule has 1 saturated carbocycles. The Hall–Kier alpha value is -2.12. The number of nitrogens with two attached hydrogens (primary N) is 1. The second-order valence-corrected chi connectivity index (χ2v) is 6.69. The van der Waals surface area contributed by atoms with E-state index in [1.807, 2.05) is 18.2 Å². The zero-order valence-electron chi connectivity index (χ0n) is 11.9. The summed E-state index contributed by atoms with van der Waals surface area (Å²) < 4.78 is 1.05. The third-order valence-electron chi connectivity index (χ3n) is 4.09. The fourth-order valence-corrected chi connectivity index (χ4v) is 4.03. The van der Waals surface area contributed by atoms with Gasteiger partial charge < -0.3 is 16.2 Å². The molecule has 0 aliphatic heterocycles. The molecular weight excluding hydrogens is 298 g/mol. The number of nitrogens with zero attached hydrogens (tertiary/aromatic N) is 2. The first-order valence-corrected chi connectivity index (χ1v) is 8.17. The number of aromatic amines is 1. The third-order valence-corrected chi connectivity index (χ3v) is 5.28. The molecule has 0 spiro atoms. The van der Waals surface area contributed by atoms with Gasteiger partial charge in [-0.05, 0) is 31.4 Å². The van der Waals surface area contributed by atoms with Gasteiger partial charge in [-0.1, -0.05) is 0 Å². The lowest BCUT2D eigenvalue weighted by Crippen LogP contribution is -2.27. The molecule has 6 nitrogen and oxygen atoms in total. The van der Waals surface area contributed by atoms with Crippen molar-refractivity contribution in [2.24, 2.45) is 0 Å². The normalized spacial score (nSPS) is 21.5. The molecule has 0 aromatic carbocycles. The van der Waals surface area contributed by atoms with Gasteiger partial charge in [-0.15, -0.1) is 11.3 Å². The van der Waals surface area contributed by atoms with Gasteiger partial charge in [0.15, 0.2) is 0 Å². The Bertz CT molecular complexity index is 798.